The lowest BCUT2D eigenvalue weighted by molar-refractivity contribution is -0.151. The number of aryl methyl sites for hydroxylation is 1. The summed E-state index contributed by atoms with van der Waals surface area (Å²) in [6.45, 7) is 3.98. The number of ketones is 1. The van der Waals surface area contributed by atoms with Crippen LogP contribution in [-0.2, 0) is 14.3 Å². The van der Waals surface area contributed by atoms with Gasteiger partial charge in [0.1, 0.15) is 17.4 Å². The lowest BCUT2D eigenvalue weighted by Gasteiger charge is -2.30. The van der Waals surface area contributed by atoms with Gasteiger partial charge in [0.05, 0.1) is 20.8 Å². The van der Waals surface area contributed by atoms with E-state index in [1.165, 1.54) is 0 Å². The number of ether oxygens (including phenoxy) is 3. The lowest BCUT2D eigenvalue weighted by Crippen LogP contribution is -2.34. The Morgan fingerprint density at radius 3 is 2.34 bits per heavy atom. The first-order valence-corrected chi connectivity index (χ1v) is 9.67. The maximum Gasteiger partial charge on any atom is 0.317 e. The molecule has 3 rings (SSSR count). The van der Waals surface area contributed by atoms with Crippen LogP contribution in [0, 0.1) is 12.8 Å². The normalized spacial score (nSPS) is 18.8. The Hall–Kier alpha value is -3.08. The van der Waals surface area contributed by atoms with Crippen LogP contribution in [0.3, 0.4) is 0 Å². The zero-order valence-electron chi connectivity index (χ0n) is 17.2. The third-order valence-electron chi connectivity index (χ3n) is 5.20. The molecule has 1 aliphatic carbocycles. The Kier molecular flexibility index (Phi) is 6.37. The molecule has 0 amide bonds. The van der Waals surface area contributed by atoms with Crippen LogP contribution in [0.4, 0.5) is 0 Å². The van der Waals surface area contributed by atoms with E-state index in [1.54, 1.807) is 33.3 Å². The number of esters is 1. The van der Waals surface area contributed by atoms with Crippen molar-refractivity contribution in [3.8, 4) is 11.5 Å². The molecule has 5 nitrogen and oxygen atoms in total. The Morgan fingerprint density at radius 2 is 1.76 bits per heavy atom. The first-order valence-electron chi connectivity index (χ1n) is 9.67. The van der Waals surface area contributed by atoms with E-state index in [2.05, 4.69) is 0 Å². The minimum Gasteiger partial charge on any atom is -0.497 e. The maximum absolute atomic E-state index is 13.0. The molecule has 29 heavy (non-hydrogen) atoms. The summed E-state index contributed by atoms with van der Waals surface area (Å²) in [4.78, 5) is 25.7. The van der Waals surface area contributed by atoms with Crippen LogP contribution in [0.1, 0.15) is 36.0 Å². The van der Waals surface area contributed by atoms with Crippen molar-refractivity contribution in [3.05, 3.63) is 65.2 Å². The van der Waals surface area contributed by atoms with Crippen LogP contribution >= 0.6 is 0 Å². The van der Waals surface area contributed by atoms with Gasteiger partial charge >= 0.3 is 5.97 Å². The highest BCUT2D eigenvalue weighted by Crippen LogP contribution is 2.42. The number of carbonyl (C=O) groups is 2. The second kappa shape index (κ2) is 8.95. The van der Waals surface area contributed by atoms with Crippen molar-refractivity contribution in [3.63, 3.8) is 0 Å². The summed E-state index contributed by atoms with van der Waals surface area (Å²) < 4.78 is 16.0. The Balaban J connectivity index is 2.09. The molecule has 2 aromatic rings. The van der Waals surface area contributed by atoms with Gasteiger partial charge in [-0.05, 0) is 55.2 Å². The van der Waals surface area contributed by atoms with Crippen molar-refractivity contribution in [2.45, 2.75) is 26.2 Å². The van der Waals surface area contributed by atoms with Crippen molar-refractivity contribution >= 4 is 17.3 Å². The lowest BCUT2D eigenvalue weighted by atomic mass is 9.73. The van der Waals surface area contributed by atoms with Crippen molar-refractivity contribution < 1.29 is 23.8 Å². The molecule has 0 saturated carbocycles. The van der Waals surface area contributed by atoms with Crippen LogP contribution in [0.15, 0.2) is 48.5 Å². The van der Waals surface area contributed by atoms with E-state index >= 15 is 0 Å². The standard InChI is InChI=1S/C24H26O5/c1-5-29-24(26)23-21(18-10-19(27-3)14-20(11-18)28-4)12-17(13-22(23)25)16-8-6-7-15(2)9-16/h6-11,13-14,21,23H,5,12H2,1-4H3. The molecule has 0 N–H and O–H groups in total. The second-order valence-corrected chi connectivity index (χ2v) is 7.13. The van der Waals surface area contributed by atoms with Gasteiger partial charge in [-0.15, -0.1) is 0 Å². The molecule has 0 saturated heterocycles. The van der Waals surface area contributed by atoms with Gasteiger partial charge in [0.25, 0.3) is 0 Å². The van der Waals surface area contributed by atoms with Gasteiger partial charge in [-0.25, -0.2) is 0 Å². The zero-order chi connectivity index (χ0) is 21.0. The molecule has 0 fully saturated rings. The molecule has 1 aliphatic rings. The smallest absolute Gasteiger partial charge is 0.317 e. The third-order valence-corrected chi connectivity index (χ3v) is 5.20. The van der Waals surface area contributed by atoms with Crippen molar-refractivity contribution in [2.75, 3.05) is 20.8 Å². The molecule has 2 aromatic carbocycles. The van der Waals surface area contributed by atoms with E-state index < -0.39 is 11.9 Å². The number of methoxy groups -OCH3 is 2. The monoisotopic (exact) mass is 394 g/mol. The predicted octanol–water partition coefficient (Wildman–Crippen LogP) is 4.33. The van der Waals surface area contributed by atoms with E-state index in [0.29, 0.717) is 17.9 Å². The molecule has 0 heterocycles. The maximum atomic E-state index is 13.0. The number of hydrogen-bond donors (Lipinski definition) is 0. The Labute approximate surface area is 171 Å². The number of allylic oxidation sites excluding steroid dienone is 2. The molecule has 0 aromatic heterocycles. The van der Waals surface area contributed by atoms with E-state index in [4.69, 9.17) is 14.2 Å². The minimum absolute atomic E-state index is 0.227. The summed E-state index contributed by atoms with van der Waals surface area (Å²) in [5, 5.41) is 0. The largest absolute Gasteiger partial charge is 0.497 e. The van der Waals surface area contributed by atoms with E-state index in [-0.39, 0.29) is 18.3 Å². The van der Waals surface area contributed by atoms with Gasteiger partial charge in [-0.2, -0.15) is 0 Å². The van der Waals surface area contributed by atoms with Crippen LogP contribution < -0.4 is 9.47 Å². The fourth-order valence-electron chi connectivity index (χ4n) is 3.79. The average molecular weight is 394 g/mol. The van der Waals surface area contributed by atoms with Crippen molar-refractivity contribution in [1.82, 2.24) is 0 Å². The molecule has 2 atom stereocenters. The van der Waals surface area contributed by atoms with Crippen molar-refractivity contribution in [1.29, 1.82) is 0 Å². The van der Waals surface area contributed by atoms with Gasteiger partial charge in [-0.3, -0.25) is 9.59 Å². The number of hydrogen-bond acceptors (Lipinski definition) is 5. The summed E-state index contributed by atoms with van der Waals surface area (Å²) in [7, 11) is 3.15. The molecule has 5 heteroatoms. The fraction of sp³-hybridized carbons (Fsp3) is 0.333. The molecule has 2 unspecified atom stereocenters. The summed E-state index contributed by atoms with van der Waals surface area (Å²) in [5.74, 6) is -0.768. The van der Waals surface area contributed by atoms with Crippen LogP contribution in [0.25, 0.3) is 5.57 Å². The summed E-state index contributed by atoms with van der Waals surface area (Å²) in [5.41, 5.74) is 3.82. The minimum atomic E-state index is -0.889. The third kappa shape index (κ3) is 4.50. The molecule has 0 aliphatic heterocycles. The highest BCUT2D eigenvalue weighted by molar-refractivity contribution is 6.10. The van der Waals surface area contributed by atoms with E-state index in [1.807, 2.05) is 43.3 Å². The number of benzene rings is 2. The average Bonchev–Trinajstić information content (AvgIpc) is 2.72. The number of carbonyl (C=O) groups excluding carboxylic acids is 2. The van der Waals surface area contributed by atoms with E-state index in [9.17, 15) is 9.59 Å². The van der Waals surface area contributed by atoms with Crippen LogP contribution in [-0.4, -0.2) is 32.6 Å². The van der Waals surface area contributed by atoms with Gasteiger partial charge in [0.2, 0.25) is 0 Å². The summed E-state index contributed by atoms with van der Waals surface area (Å²) in [6.07, 6.45) is 2.12. The van der Waals surface area contributed by atoms with Crippen LogP contribution in [0.2, 0.25) is 0 Å². The molecule has 0 spiro atoms. The van der Waals surface area contributed by atoms with Gasteiger partial charge in [0.15, 0.2) is 5.78 Å². The summed E-state index contributed by atoms with van der Waals surface area (Å²) >= 11 is 0. The highest BCUT2D eigenvalue weighted by atomic mass is 16.5. The highest BCUT2D eigenvalue weighted by Gasteiger charge is 2.40. The molecular weight excluding hydrogens is 368 g/mol. The summed E-state index contributed by atoms with van der Waals surface area (Å²) in [6, 6.07) is 13.5. The molecule has 0 radical (unpaired) electrons. The van der Waals surface area contributed by atoms with Gasteiger partial charge in [-0.1, -0.05) is 29.8 Å². The van der Waals surface area contributed by atoms with Crippen LogP contribution in [0.5, 0.6) is 11.5 Å². The quantitative estimate of drug-likeness (QED) is 0.539. The Bertz CT molecular complexity index is 922. The van der Waals surface area contributed by atoms with Gasteiger partial charge < -0.3 is 14.2 Å². The molecule has 0 bridgehead atoms. The Morgan fingerprint density at radius 1 is 1.07 bits per heavy atom. The first-order chi connectivity index (χ1) is 14.0. The SMILES string of the molecule is CCOC(=O)C1C(=O)C=C(c2cccc(C)c2)CC1c1cc(OC)cc(OC)c1. The molecule has 152 valence electrons. The second-order valence-electron chi connectivity index (χ2n) is 7.13. The molecular formula is C24H26O5. The zero-order valence-corrected chi connectivity index (χ0v) is 17.2. The van der Waals surface area contributed by atoms with Crippen molar-refractivity contribution in [2.24, 2.45) is 5.92 Å². The first kappa shape index (κ1) is 20.6. The topological polar surface area (TPSA) is 61.8 Å². The fourth-order valence-corrected chi connectivity index (χ4v) is 3.79. The van der Waals surface area contributed by atoms with Gasteiger partial charge in [0, 0.05) is 12.0 Å². The number of rotatable bonds is 6. The van der Waals surface area contributed by atoms with E-state index in [0.717, 1.165) is 22.3 Å². The predicted molar refractivity (Wildman–Crippen MR) is 111 cm³/mol.